The molecule has 0 aliphatic rings. The van der Waals surface area contributed by atoms with Crippen molar-refractivity contribution in [1.29, 1.82) is 0 Å². The van der Waals surface area contributed by atoms with Crippen molar-refractivity contribution in [1.82, 2.24) is 0 Å². The molecule has 0 heterocycles. The van der Waals surface area contributed by atoms with Gasteiger partial charge in [0.15, 0.2) is 0 Å². The van der Waals surface area contributed by atoms with E-state index < -0.39 is 5.97 Å². The van der Waals surface area contributed by atoms with Gasteiger partial charge >= 0.3 is 5.97 Å². The minimum absolute atomic E-state index is 0. The third-order valence-electron chi connectivity index (χ3n) is 2.80. The number of aromatic carboxylic acids is 1. The van der Waals surface area contributed by atoms with Crippen LogP contribution in [0, 0.1) is 0 Å². The van der Waals surface area contributed by atoms with Crippen molar-refractivity contribution in [3.05, 3.63) is 47.5 Å². The number of benzene rings is 2. The summed E-state index contributed by atoms with van der Waals surface area (Å²) in [5.74, 6) is -0.629. The van der Waals surface area contributed by atoms with Crippen molar-refractivity contribution in [3.8, 4) is 0 Å². The van der Waals surface area contributed by atoms with E-state index in [0.717, 1.165) is 16.3 Å². The van der Waals surface area contributed by atoms with Gasteiger partial charge in [-0.05, 0) is 22.3 Å². The number of carboxylic acid groups (broad SMARTS) is 1. The van der Waals surface area contributed by atoms with Gasteiger partial charge in [-0.1, -0.05) is 50.2 Å². The number of fused-ring (bicyclic) bond motifs is 1. The molecular weight excluding hydrogens is 223 g/mol. The first kappa shape index (κ1) is 14.2. The molecule has 0 spiro atoms. The average molecular weight is 237 g/mol. The number of hydrogen-bond donors (Lipinski definition) is 1. The molecule has 1 radical (unpaired) electrons. The quantitative estimate of drug-likeness (QED) is 0.814. The summed E-state index contributed by atoms with van der Waals surface area (Å²) in [7, 11) is 0. The van der Waals surface area contributed by atoms with Crippen LogP contribution >= 0.6 is 0 Å². The minimum Gasteiger partial charge on any atom is -0.478 e. The van der Waals surface area contributed by atoms with Crippen LogP contribution in [-0.4, -0.2) is 40.6 Å². The van der Waals surface area contributed by atoms with Crippen molar-refractivity contribution in [2.75, 3.05) is 0 Å². The Hall–Kier alpha value is -0.830. The Morgan fingerprint density at radius 1 is 1.12 bits per heavy atom. The topological polar surface area (TPSA) is 37.3 Å². The molecule has 17 heavy (non-hydrogen) atoms. The molecule has 0 amide bonds. The van der Waals surface area contributed by atoms with Gasteiger partial charge in [-0.15, -0.1) is 0 Å². The summed E-state index contributed by atoms with van der Waals surface area (Å²) >= 11 is 0. The summed E-state index contributed by atoms with van der Waals surface area (Å²) in [4.78, 5) is 11.3. The second kappa shape index (κ2) is 5.67. The third-order valence-corrected chi connectivity index (χ3v) is 2.80. The monoisotopic (exact) mass is 237 g/mol. The third kappa shape index (κ3) is 2.71. The molecule has 0 saturated carbocycles. The molecule has 0 aliphatic heterocycles. The Bertz CT molecular complexity index is 547. The second-order valence-electron chi connectivity index (χ2n) is 4.21. The molecule has 0 saturated heterocycles. The van der Waals surface area contributed by atoms with Gasteiger partial charge in [0.1, 0.15) is 0 Å². The Kier molecular flexibility index (Phi) is 4.75. The average Bonchev–Trinajstić information content (AvgIpc) is 2.27. The number of rotatable bonds is 2. The van der Waals surface area contributed by atoms with Crippen LogP contribution in [0.4, 0.5) is 0 Å². The fraction of sp³-hybridized carbons (Fsp3) is 0.214. The fourth-order valence-electron chi connectivity index (χ4n) is 2.01. The largest absolute Gasteiger partial charge is 0.478 e. The van der Waals surface area contributed by atoms with E-state index >= 15 is 0 Å². The summed E-state index contributed by atoms with van der Waals surface area (Å²) in [5, 5.41) is 11.1. The molecule has 2 rings (SSSR count). The van der Waals surface area contributed by atoms with E-state index in [4.69, 9.17) is 0 Å². The summed E-state index contributed by atoms with van der Waals surface area (Å²) in [5.41, 5.74) is 1.33. The van der Waals surface area contributed by atoms with Crippen LogP contribution < -0.4 is 0 Å². The standard InChI is InChI=1S/C14H14O2.Na/c1-9(2)11-8-7-10-5-3-4-6-12(10)13(11)14(15)16;/h3-9H,1-2H3,(H,15,16);. The Balaban J connectivity index is 0.00000144. The van der Waals surface area contributed by atoms with E-state index in [-0.39, 0.29) is 35.5 Å². The Morgan fingerprint density at radius 3 is 2.35 bits per heavy atom. The molecule has 0 fully saturated rings. The summed E-state index contributed by atoms with van der Waals surface area (Å²) in [6.45, 7) is 4.02. The second-order valence-corrected chi connectivity index (χ2v) is 4.21. The maximum atomic E-state index is 11.3. The maximum absolute atomic E-state index is 11.3. The van der Waals surface area contributed by atoms with Gasteiger partial charge in [0.25, 0.3) is 0 Å². The van der Waals surface area contributed by atoms with Crippen molar-refractivity contribution in [2.45, 2.75) is 19.8 Å². The number of hydrogen-bond acceptors (Lipinski definition) is 1. The van der Waals surface area contributed by atoms with E-state index in [2.05, 4.69) is 0 Å². The molecule has 0 unspecified atom stereocenters. The van der Waals surface area contributed by atoms with Crippen LogP contribution in [0.1, 0.15) is 35.7 Å². The molecule has 0 aliphatic carbocycles. The van der Waals surface area contributed by atoms with E-state index in [1.54, 1.807) is 0 Å². The maximum Gasteiger partial charge on any atom is 0.336 e. The molecule has 0 bridgehead atoms. The predicted octanol–water partition coefficient (Wildman–Crippen LogP) is 3.28. The number of carboxylic acids is 1. The van der Waals surface area contributed by atoms with E-state index in [9.17, 15) is 9.90 Å². The van der Waals surface area contributed by atoms with Crippen LogP contribution in [0.3, 0.4) is 0 Å². The molecule has 2 aromatic carbocycles. The molecule has 1 N–H and O–H groups in total. The minimum atomic E-state index is -0.847. The summed E-state index contributed by atoms with van der Waals surface area (Å²) in [6, 6.07) is 11.5. The zero-order chi connectivity index (χ0) is 11.7. The Labute approximate surface area is 123 Å². The van der Waals surface area contributed by atoms with Gasteiger partial charge in [0, 0.05) is 29.6 Å². The van der Waals surface area contributed by atoms with Crippen LogP contribution in [0.15, 0.2) is 36.4 Å². The molecule has 2 nitrogen and oxygen atoms in total. The summed E-state index contributed by atoms with van der Waals surface area (Å²) in [6.07, 6.45) is 0. The molecule has 0 aromatic heterocycles. The zero-order valence-corrected chi connectivity index (χ0v) is 12.4. The first-order valence-corrected chi connectivity index (χ1v) is 5.36. The smallest absolute Gasteiger partial charge is 0.336 e. The van der Waals surface area contributed by atoms with Gasteiger partial charge in [-0.3, -0.25) is 0 Å². The van der Waals surface area contributed by atoms with E-state index in [0.29, 0.717) is 5.56 Å². The van der Waals surface area contributed by atoms with Crippen LogP contribution in [-0.2, 0) is 0 Å². The molecule has 3 heteroatoms. The first-order valence-electron chi connectivity index (χ1n) is 5.36. The van der Waals surface area contributed by atoms with Gasteiger partial charge in [0.2, 0.25) is 0 Å². The Morgan fingerprint density at radius 2 is 1.76 bits per heavy atom. The van der Waals surface area contributed by atoms with Gasteiger partial charge in [-0.25, -0.2) is 4.79 Å². The van der Waals surface area contributed by atoms with E-state index in [1.807, 2.05) is 50.2 Å². The normalized spacial score (nSPS) is 10.3. The molecule has 2 aromatic rings. The van der Waals surface area contributed by atoms with Crippen molar-refractivity contribution in [3.63, 3.8) is 0 Å². The zero-order valence-electron chi connectivity index (χ0n) is 10.4. The summed E-state index contributed by atoms with van der Waals surface area (Å²) < 4.78 is 0. The van der Waals surface area contributed by atoms with Crippen molar-refractivity contribution >= 4 is 46.3 Å². The van der Waals surface area contributed by atoms with Crippen LogP contribution in [0.25, 0.3) is 10.8 Å². The predicted molar refractivity (Wildman–Crippen MR) is 70.8 cm³/mol. The molecule has 83 valence electrons. The van der Waals surface area contributed by atoms with Crippen LogP contribution in [0.2, 0.25) is 0 Å². The van der Waals surface area contributed by atoms with Gasteiger partial charge < -0.3 is 5.11 Å². The van der Waals surface area contributed by atoms with Gasteiger partial charge in [0.05, 0.1) is 5.56 Å². The molecular formula is C14H14NaO2. The van der Waals surface area contributed by atoms with E-state index in [1.165, 1.54) is 0 Å². The first-order chi connectivity index (χ1) is 7.61. The fourth-order valence-corrected chi connectivity index (χ4v) is 2.01. The number of carbonyl (C=O) groups is 1. The molecule has 0 atom stereocenters. The van der Waals surface area contributed by atoms with Crippen LogP contribution in [0.5, 0.6) is 0 Å². The van der Waals surface area contributed by atoms with Crippen molar-refractivity contribution in [2.24, 2.45) is 0 Å². The van der Waals surface area contributed by atoms with Gasteiger partial charge in [-0.2, -0.15) is 0 Å². The SMILES string of the molecule is CC(C)c1ccc2ccccc2c1C(=O)O.[Na]. The van der Waals surface area contributed by atoms with Crippen molar-refractivity contribution < 1.29 is 9.90 Å².